The number of fused-ring (bicyclic) bond motifs is 1. The second kappa shape index (κ2) is 8.45. The Balaban J connectivity index is 1.71. The molecule has 1 aliphatic heterocycles. The Morgan fingerprint density at radius 1 is 1.34 bits per heavy atom. The quantitative estimate of drug-likeness (QED) is 0.644. The van der Waals surface area contributed by atoms with Crippen LogP contribution in [0.4, 0.5) is 0 Å². The molecule has 3 aromatic rings. The fourth-order valence-electron chi connectivity index (χ4n) is 3.67. The van der Waals surface area contributed by atoms with Gasteiger partial charge in [0.1, 0.15) is 5.15 Å². The average molecular weight is 412 g/mol. The molecular formula is C22H22ClN3O3. The van der Waals surface area contributed by atoms with Crippen LogP contribution < -0.4 is 5.32 Å². The number of rotatable bonds is 4. The van der Waals surface area contributed by atoms with Gasteiger partial charge in [-0.15, -0.1) is 0 Å². The molecule has 150 valence electrons. The molecule has 1 amide bonds. The van der Waals surface area contributed by atoms with E-state index in [4.69, 9.17) is 16.3 Å². The fraction of sp³-hybridized carbons (Fsp3) is 0.318. The molecule has 1 fully saturated rings. The molecule has 3 heterocycles. The van der Waals surface area contributed by atoms with Crippen LogP contribution in [-0.2, 0) is 11.2 Å². The Bertz CT molecular complexity index is 1040. The van der Waals surface area contributed by atoms with Gasteiger partial charge in [-0.1, -0.05) is 23.7 Å². The minimum absolute atomic E-state index is 0.229. The van der Waals surface area contributed by atoms with Gasteiger partial charge < -0.3 is 15.2 Å². The molecule has 2 atom stereocenters. The summed E-state index contributed by atoms with van der Waals surface area (Å²) in [6.07, 6.45) is 3.92. The standard InChI is InChI=1S/C22H22ClN3O3/c1-13-15(9-14-4-5-20(23)25-11-14)10-17(21-16(13)3-2-7-24-21)22(28)26-18-6-8-29-12-19(18)27/h2-5,7,10-11,18-19,27H,6,8-9,12H2,1H3,(H,26,28)/t18?,19-/m0/s1. The summed E-state index contributed by atoms with van der Waals surface area (Å²) in [5.41, 5.74) is 4.26. The van der Waals surface area contributed by atoms with Crippen LogP contribution >= 0.6 is 11.6 Å². The monoisotopic (exact) mass is 411 g/mol. The summed E-state index contributed by atoms with van der Waals surface area (Å²) in [6.45, 7) is 2.78. The summed E-state index contributed by atoms with van der Waals surface area (Å²) >= 11 is 5.89. The summed E-state index contributed by atoms with van der Waals surface area (Å²) in [7, 11) is 0. The SMILES string of the molecule is Cc1c(Cc2ccc(Cl)nc2)cc(C(=O)NC2CCOC[C@@H]2O)c2ncccc12. The molecule has 4 rings (SSSR count). The van der Waals surface area contributed by atoms with Gasteiger partial charge in [-0.3, -0.25) is 9.78 Å². The summed E-state index contributed by atoms with van der Waals surface area (Å²) in [5.74, 6) is -0.241. The third kappa shape index (κ3) is 4.24. The maximum Gasteiger partial charge on any atom is 0.253 e. The van der Waals surface area contributed by atoms with Crippen molar-refractivity contribution < 1.29 is 14.6 Å². The Morgan fingerprint density at radius 3 is 2.97 bits per heavy atom. The molecule has 7 heteroatoms. The maximum absolute atomic E-state index is 13.1. The van der Waals surface area contributed by atoms with Gasteiger partial charge in [0.05, 0.1) is 29.8 Å². The van der Waals surface area contributed by atoms with Crippen molar-refractivity contribution in [2.75, 3.05) is 13.2 Å². The zero-order valence-electron chi connectivity index (χ0n) is 16.1. The number of carbonyl (C=O) groups excluding carboxylic acids is 1. The van der Waals surface area contributed by atoms with Crippen LogP contribution in [-0.4, -0.2) is 46.3 Å². The van der Waals surface area contributed by atoms with Gasteiger partial charge >= 0.3 is 0 Å². The predicted molar refractivity (Wildman–Crippen MR) is 111 cm³/mol. The van der Waals surface area contributed by atoms with E-state index in [1.54, 1.807) is 18.5 Å². The molecular weight excluding hydrogens is 390 g/mol. The third-order valence-electron chi connectivity index (χ3n) is 5.34. The van der Waals surface area contributed by atoms with Crippen LogP contribution in [0.3, 0.4) is 0 Å². The van der Waals surface area contributed by atoms with Crippen molar-refractivity contribution in [3.63, 3.8) is 0 Å². The van der Waals surface area contributed by atoms with E-state index in [0.717, 1.165) is 22.1 Å². The lowest BCUT2D eigenvalue weighted by molar-refractivity contribution is -0.0260. The number of nitrogens with one attached hydrogen (secondary N) is 1. The Labute approximate surface area is 173 Å². The zero-order valence-corrected chi connectivity index (χ0v) is 16.8. The van der Waals surface area contributed by atoms with E-state index in [-0.39, 0.29) is 18.6 Å². The van der Waals surface area contributed by atoms with Crippen molar-refractivity contribution in [2.24, 2.45) is 0 Å². The smallest absolute Gasteiger partial charge is 0.253 e. The maximum atomic E-state index is 13.1. The van der Waals surface area contributed by atoms with E-state index in [0.29, 0.717) is 35.7 Å². The lowest BCUT2D eigenvalue weighted by Crippen LogP contribution is -2.48. The summed E-state index contributed by atoms with van der Waals surface area (Å²) in [4.78, 5) is 21.7. The van der Waals surface area contributed by atoms with Gasteiger partial charge in [-0.25, -0.2) is 4.98 Å². The molecule has 1 unspecified atom stereocenters. The highest BCUT2D eigenvalue weighted by Gasteiger charge is 2.26. The molecule has 2 N–H and O–H groups in total. The minimum Gasteiger partial charge on any atom is -0.389 e. The van der Waals surface area contributed by atoms with Gasteiger partial charge in [0, 0.05) is 24.4 Å². The number of halogens is 1. The summed E-state index contributed by atoms with van der Waals surface area (Å²) in [6, 6.07) is 9.09. The lowest BCUT2D eigenvalue weighted by Gasteiger charge is -2.28. The number of amides is 1. The van der Waals surface area contributed by atoms with Gasteiger partial charge in [0.15, 0.2) is 0 Å². The Hall–Kier alpha value is -2.54. The third-order valence-corrected chi connectivity index (χ3v) is 5.56. The van der Waals surface area contributed by atoms with Crippen LogP contribution in [0.1, 0.15) is 33.5 Å². The zero-order chi connectivity index (χ0) is 20.4. The van der Waals surface area contributed by atoms with Gasteiger partial charge in [0.25, 0.3) is 5.91 Å². The minimum atomic E-state index is -0.711. The molecule has 1 aliphatic rings. The van der Waals surface area contributed by atoms with Crippen LogP contribution in [0.25, 0.3) is 10.9 Å². The first-order valence-corrected chi connectivity index (χ1v) is 9.95. The van der Waals surface area contributed by atoms with Crippen molar-refractivity contribution in [3.8, 4) is 0 Å². The highest BCUT2D eigenvalue weighted by atomic mass is 35.5. The van der Waals surface area contributed by atoms with Crippen LogP contribution in [0, 0.1) is 6.92 Å². The molecule has 0 radical (unpaired) electrons. The molecule has 6 nitrogen and oxygen atoms in total. The van der Waals surface area contributed by atoms with Gasteiger partial charge in [0.2, 0.25) is 0 Å². The van der Waals surface area contributed by atoms with Crippen LogP contribution in [0.2, 0.25) is 5.15 Å². The first-order valence-electron chi connectivity index (χ1n) is 9.57. The molecule has 0 spiro atoms. The van der Waals surface area contributed by atoms with Crippen molar-refractivity contribution in [1.82, 2.24) is 15.3 Å². The number of nitrogens with zero attached hydrogens (tertiary/aromatic N) is 2. The largest absolute Gasteiger partial charge is 0.389 e. The van der Waals surface area contributed by atoms with E-state index < -0.39 is 6.10 Å². The van der Waals surface area contributed by atoms with Gasteiger partial charge in [-0.05, 0) is 54.7 Å². The topological polar surface area (TPSA) is 84.3 Å². The van der Waals surface area contributed by atoms with Crippen LogP contribution in [0.15, 0.2) is 42.7 Å². The predicted octanol–water partition coefficient (Wildman–Crippen LogP) is 3.06. The molecule has 29 heavy (non-hydrogen) atoms. The molecule has 0 bridgehead atoms. The number of carbonyl (C=O) groups is 1. The second-order valence-corrected chi connectivity index (χ2v) is 7.67. The highest BCUT2D eigenvalue weighted by Crippen LogP contribution is 2.26. The number of aromatic nitrogens is 2. The Kier molecular flexibility index (Phi) is 5.76. The number of benzene rings is 1. The van der Waals surface area contributed by atoms with E-state index in [1.807, 2.05) is 31.2 Å². The molecule has 2 aromatic heterocycles. The van der Waals surface area contributed by atoms with Crippen LogP contribution in [0.5, 0.6) is 0 Å². The second-order valence-electron chi connectivity index (χ2n) is 7.28. The molecule has 0 saturated carbocycles. The van der Waals surface area contributed by atoms with E-state index >= 15 is 0 Å². The number of hydrogen-bond acceptors (Lipinski definition) is 5. The molecule has 1 aromatic carbocycles. The molecule has 0 aliphatic carbocycles. The molecule has 1 saturated heterocycles. The Morgan fingerprint density at radius 2 is 2.21 bits per heavy atom. The lowest BCUT2D eigenvalue weighted by atomic mass is 9.94. The van der Waals surface area contributed by atoms with E-state index in [1.165, 1.54) is 0 Å². The van der Waals surface area contributed by atoms with Crippen molar-refractivity contribution >= 4 is 28.4 Å². The fourth-order valence-corrected chi connectivity index (χ4v) is 3.78. The average Bonchev–Trinajstić information content (AvgIpc) is 2.73. The first-order chi connectivity index (χ1) is 14.0. The van der Waals surface area contributed by atoms with Gasteiger partial charge in [-0.2, -0.15) is 0 Å². The summed E-state index contributed by atoms with van der Waals surface area (Å²) < 4.78 is 5.25. The number of aliphatic hydroxyl groups is 1. The number of hydrogen-bond donors (Lipinski definition) is 2. The van der Waals surface area contributed by atoms with E-state index in [2.05, 4.69) is 15.3 Å². The number of pyridine rings is 2. The first kappa shape index (κ1) is 19.8. The summed E-state index contributed by atoms with van der Waals surface area (Å²) in [5, 5.41) is 14.5. The van der Waals surface area contributed by atoms with Crippen molar-refractivity contribution in [3.05, 3.63) is 70.1 Å². The number of ether oxygens (including phenoxy) is 1. The van der Waals surface area contributed by atoms with Crippen molar-refractivity contribution in [2.45, 2.75) is 31.9 Å². The number of aryl methyl sites for hydroxylation is 1. The number of aliphatic hydroxyl groups excluding tert-OH is 1. The normalized spacial score (nSPS) is 19.3. The highest BCUT2D eigenvalue weighted by molar-refractivity contribution is 6.29. The van der Waals surface area contributed by atoms with E-state index in [9.17, 15) is 9.90 Å². The van der Waals surface area contributed by atoms with Crippen molar-refractivity contribution in [1.29, 1.82) is 0 Å².